The van der Waals surface area contributed by atoms with Crippen molar-refractivity contribution in [2.75, 3.05) is 33.9 Å². The minimum atomic E-state index is 0.208. The van der Waals surface area contributed by atoms with Crippen LogP contribution in [-0.4, -0.2) is 57.0 Å². The largest absolute Gasteiger partial charge is 0.377 e. The van der Waals surface area contributed by atoms with Gasteiger partial charge >= 0.3 is 0 Å². The van der Waals surface area contributed by atoms with Gasteiger partial charge in [-0.3, -0.25) is 4.90 Å². The second-order valence-electron chi connectivity index (χ2n) is 5.00. The lowest BCUT2D eigenvalue weighted by Crippen LogP contribution is -2.47. The van der Waals surface area contributed by atoms with Gasteiger partial charge in [0.1, 0.15) is 0 Å². The highest BCUT2D eigenvalue weighted by molar-refractivity contribution is 4.94. The summed E-state index contributed by atoms with van der Waals surface area (Å²) in [4.78, 5) is 2.46. The van der Waals surface area contributed by atoms with Crippen molar-refractivity contribution in [2.24, 2.45) is 11.7 Å². The van der Waals surface area contributed by atoms with E-state index < -0.39 is 0 Å². The molecule has 1 aliphatic carbocycles. The molecule has 0 aromatic carbocycles. The van der Waals surface area contributed by atoms with Crippen molar-refractivity contribution in [1.29, 1.82) is 0 Å². The van der Waals surface area contributed by atoms with Crippen LogP contribution in [-0.2, 0) is 9.47 Å². The van der Waals surface area contributed by atoms with Gasteiger partial charge in [0.25, 0.3) is 0 Å². The minimum absolute atomic E-state index is 0.208. The molecule has 0 aromatic heterocycles. The second-order valence-corrected chi connectivity index (χ2v) is 5.00. The average Bonchev–Trinajstić information content (AvgIpc) is 2.65. The molecule has 0 amide bonds. The van der Waals surface area contributed by atoms with Crippen LogP contribution in [0.3, 0.4) is 0 Å². The molecular formula is C12H24N2O2. The fourth-order valence-corrected chi connectivity index (χ4v) is 2.96. The molecule has 16 heavy (non-hydrogen) atoms. The normalized spacial score (nSPS) is 33.9. The number of likely N-dealkylation sites (tertiary alicyclic amines) is 1. The Labute approximate surface area is 98.1 Å². The number of rotatable bonds is 5. The van der Waals surface area contributed by atoms with Gasteiger partial charge in [-0.2, -0.15) is 0 Å². The highest BCUT2D eigenvalue weighted by Gasteiger charge is 2.39. The van der Waals surface area contributed by atoms with Crippen LogP contribution in [0.15, 0.2) is 0 Å². The van der Waals surface area contributed by atoms with Crippen LogP contribution in [0.5, 0.6) is 0 Å². The van der Waals surface area contributed by atoms with Crippen LogP contribution in [0.25, 0.3) is 0 Å². The lowest BCUT2D eigenvalue weighted by molar-refractivity contribution is -0.00461. The summed E-state index contributed by atoms with van der Waals surface area (Å²) in [5.41, 5.74) is 5.91. The van der Waals surface area contributed by atoms with E-state index >= 15 is 0 Å². The third-order valence-corrected chi connectivity index (χ3v) is 4.25. The molecule has 1 heterocycles. The molecule has 3 atom stereocenters. The van der Waals surface area contributed by atoms with Gasteiger partial charge in [-0.1, -0.05) is 6.42 Å². The van der Waals surface area contributed by atoms with Gasteiger partial charge in [0.2, 0.25) is 0 Å². The molecule has 3 unspecified atom stereocenters. The Hall–Kier alpha value is -0.160. The van der Waals surface area contributed by atoms with E-state index in [2.05, 4.69) is 4.90 Å². The van der Waals surface area contributed by atoms with E-state index in [1.54, 1.807) is 14.2 Å². The Morgan fingerprint density at radius 1 is 1.19 bits per heavy atom. The maximum Gasteiger partial charge on any atom is 0.0971 e. The predicted molar refractivity (Wildman–Crippen MR) is 63.4 cm³/mol. The third kappa shape index (κ3) is 2.25. The highest BCUT2D eigenvalue weighted by atomic mass is 16.5. The molecular weight excluding hydrogens is 204 g/mol. The van der Waals surface area contributed by atoms with Gasteiger partial charge in [-0.25, -0.2) is 0 Å². The first-order chi connectivity index (χ1) is 7.80. The quantitative estimate of drug-likeness (QED) is 0.742. The smallest absolute Gasteiger partial charge is 0.0971 e. The fraction of sp³-hybridized carbons (Fsp3) is 1.00. The maximum absolute atomic E-state index is 5.91. The summed E-state index contributed by atoms with van der Waals surface area (Å²) in [5.74, 6) is 0.804. The molecule has 0 spiro atoms. The van der Waals surface area contributed by atoms with E-state index in [0.29, 0.717) is 6.04 Å². The van der Waals surface area contributed by atoms with Crippen molar-refractivity contribution in [3.63, 3.8) is 0 Å². The summed E-state index contributed by atoms with van der Waals surface area (Å²) >= 11 is 0. The molecule has 0 bridgehead atoms. The summed E-state index contributed by atoms with van der Waals surface area (Å²) in [5, 5.41) is 0. The van der Waals surface area contributed by atoms with E-state index in [1.807, 2.05) is 0 Å². The first kappa shape index (κ1) is 12.3. The Morgan fingerprint density at radius 2 is 1.75 bits per heavy atom. The second kappa shape index (κ2) is 5.45. The van der Waals surface area contributed by atoms with Crippen molar-refractivity contribution in [3.8, 4) is 0 Å². The zero-order valence-corrected chi connectivity index (χ0v) is 10.4. The number of nitrogens with zero attached hydrogens (tertiary/aromatic N) is 1. The zero-order valence-electron chi connectivity index (χ0n) is 10.4. The van der Waals surface area contributed by atoms with Crippen LogP contribution in [0.4, 0.5) is 0 Å². The lowest BCUT2D eigenvalue weighted by Gasteiger charge is -2.38. The third-order valence-electron chi connectivity index (χ3n) is 4.25. The van der Waals surface area contributed by atoms with Crippen molar-refractivity contribution in [2.45, 2.75) is 37.5 Å². The van der Waals surface area contributed by atoms with Crippen molar-refractivity contribution in [1.82, 2.24) is 4.90 Å². The zero-order chi connectivity index (χ0) is 11.5. The standard InChI is InChI=1S/C12H24N2O2/c1-15-11-7-14(8-12(11)16-2)10(6-13)9-4-3-5-9/h9-12H,3-8,13H2,1-2H3. The monoisotopic (exact) mass is 228 g/mol. The number of hydrogen-bond acceptors (Lipinski definition) is 4. The molecule has 2 fully saturated rings. The molecule has 2 rings (SSSR count). The molecule has 2 N–H and O–H groups in total. The Morgan fingerprint density at radius 3 is 2.06 bits per heavy atom. The molecule has 1 saturated carbocycles. The number of methoxy groups -OCH3 is 2. The van der Waals surface area contributed by atoms with Crippen LogP contribution in [0.1, 0.15) is 19.3 Å². The van der Waals surface area contributed by atoms with Crippen molar-refractivity contribution in [3.05, 3.63) is 0 Å². The molecule has 0 radical (unpaired) electrons. The molecule has 1 aliphatic heterocycles. The Balaban J connectivity index is 1.93. The SMILES string of the molecule is COC1CN(C(CN)C2CCC2)CC1OC. The Bertz CT molecular complexity index is 209. The number of ether oxygens (including phenoxy) is 2. The van der Waals surface area contributed by atoms with E-state index in [9.17, 15) is 0 Å². The fourth-order valence-electron chi connectivity index (χ4n) is 2.96. The van der Waals surface area contributed by atoms with Gasteiger partial charge in [0, 0.05) is 39.9 Å². The summed E-state index contributed by atoms with van der Waals surface area (Å²) in [6.45, 7) is 2.69. The summed E-state index contributed by atoms with van der Waals surface area (Å²) in [6, 6.07) is 0.534. The van der Waals surface area contributed by atoms with Crippen LogP contribution < -0.4 is 5.73 Å². The van der Waals surface area contributed by atoms with E-state index in [1.165, 1.54) is 19.3 Å². The maximum atomic E-state index is 5.91. The van der Waals surface area contributed by atoms with Gasteiger partial charge in [0.05, 0.1) is 12.2 Å². The Kier molecular flexibility index (Phi) is 4.19. The summed E-state index contributed by atoms with van der Waals surface area (Å²) < 4.78 is 10.9. The molecule has 2 aliphatic rings. The topological polar surface area (TPSA) is 47.7 Å². The van der Waals surface area contributed by atoms with E-state index in [-0.39, 0.29) is 12.2 Å². The number of nitrogens with two attached hydrogens (primary N) is 1. The van der Waals surface area contributed by atoms with Crippen molar-refractivity contribution < 1.29 is 9.47 Å². The van der Waals surface area contributed by atoms with E-state index in [4.69, 9.17) is 15.2 Å². The first-order valence-electron chi connectivity index (χ1n) is 6.29. The number of hydrogen-bond donors (Lipinski definition) is 1. The first-order valence-corrected chi connectivity index (χ1v) is 6.29. The highest BCUT2D eigenvalue weighted by Crippen LogP contribution is 2.33. The summed E-state index contributed by atoms with van der Waals surface area (Å²) in [6.07, 6.45) is 4.47. The predicted octanol–water partition coefficient (Wildman–Crippen LogP) is 0.459. The lowest BCUT2D eigenvalue weighted by atomic mass is 9.79. The minimum Gasteiger partial charge on any atom is -0.377 e. The van der Waals surface area contributed by atoms with Gasteiger partial charge in [-0.15, -0.1) is 0 Å². The molecule has 1 saturated heterocycles. The van der Waals surface area contributed by atoms with Gasteiger partial charge in [-0.05, 0) is 18.8 Å². The van der Waals surface area contributed by atoms with Crippen LogP contribution >= 0.6 is 0 Å². The molecule has 94 valence electrons. The van der Waals surface area contributed by atoms with Crippen molar-refractivity contribution >= 4 is 0 Å². The van der Waals surface area contributed by atoms with Crippen LogP contribution in [0, 0.1) is 5.92 Å². The average molecular weight is 228 g/mol. The van der Waals surface area contributed by atoms with Gasteiger partial charge < -0.3 is 15.2 Å². The summed E-state index contributed by atoms with van der Waals surface area (Å²) in [7, 11) is 3.53. The van der Waals surface area contributed by atoms with E-state index in [0.717, 1.165) is 25.6 Å². The molecule has 4 nitrogen and oxygen atoms in total. The van der Waals surface area contributed by atoms with Gasteiger partial charge in [0.15, 0.2) is 0 Å². The molecule has 0 aromatic rings. The van der Waals surface area contributed by atoms with Crippen LogP contribution in [0.2, 0.25) is 0 Å². The molecule has 4 heteroatoms.